The van der Waals surface area contributed by atoms with Crippen molar-refractivity contribution in [3.05, 3.63) is 58.9 Å². The first-order valence-electron chi connectivity index (χ1n) is 8.53. The van der Waals surface area contributed by atoms with E-state index in [9.17, 15) is 9.90 Å². The first kappa shape index (κ1) is 18.5. The molecule has 4 nitrogen and oxygen atoms in total. The van der Waals surface area contributed by atoms with Gasteiger partial charge in [-0.1, -0.05) is 31.5 Å². The highest BCUT2D eigenvalue weighted by molar-refractivity contribution is 7.99. The molecule has 0 amide bonds. The Hall–Kier alpha value is -2.29. The fraction of sp³-hybridized carbons (Fsp3) is 0.333. The predicted octanol–water partition coefficient (Wildman–Crippen LogP) is 3.75. The molecule has 0 spiro atoms. The topological polar surface area (TPSA) is 59.4 Å². The van der Waals surface area contributed by atoms with Crippen LogP contribution in [0.1, 0.15) is 54.4 Å². The van der Waals surface area contributed by atoms with E-state index < -0.39 is 0 Å². The van der Waals surface area contributed by atoms with Crippen LogP contribution in [0.2, 0.25) is 0 Å². The molecule has 0 saturated heterocycles. The number of aliphatic hydroxyl groups excluding tert-OH is 1. The molecule has 0 aliphatic carbocycles. The number of esters is 1. The van der Waals surface area contributed by atoms with Crippen LogP contribution in [-0.2, 0) is 10.2 Å². The van der Waals surface area contributed by atoms with Crippen molar-refractivity contribution < 1.29 is 14.6 Å². The van der Waals surface area contributed by atoms with Crippen molar-refractivity contribution in [2.24, 2.45) is 0 Å². The van der Waals surface area contributed by atoms with Crippen molar-refractivity contribution in [3.8, 4) is 11.8 Å². The van der Waals surface area contributed by atoms with Gasteiger partial charge in [0.2, 0.25) is 0 Å². The van der Waals surface area contributed by atoms with Crippen molar-refractivity contribution in [1.82, 2.24) is 4.98 Å². The smallest absolute Gasteiger partial charge is 0.339 e. The number of aliphatic hydroxyl groups is 1. The Bertz CT molecular complexity index is 878. The van der Waals surface area contributed by atoms with Gasteiger partial charge >= 0.3 is 5.97 Å². The molecule has 0 bridgehead atoms. The van der Waals surface area contributed by atoms with Crippen molar-refractivity contribution in [2.45, 2.75) is 42.9 Å². The van der Waals surface area contributed by atoms with Crippen LogP contribution in [0.4, 0.5) is 0 Å². The lowest BCUT2D eigenvalue weighted by Gasteiger charge is -2.34. The van der Waals surface area contributed by atoms with Crippen LogP contribution < -0.4 is 0 Å². The Morgan fingerprint density at radius 1 is 1.35 bits per heavy atom. The van der Waals surface area contributed by atoms with Crippen LogP contribution >= 0.6 is 11.8 Å². The van der Waals surface area contributed by atoms with Gasteiger partial charge < -0.3 is 9.84 Å². The number of benzene rings is 1. The summed E-state index contributed by atoms with van der Waals surface area (Å²) in [5.41, 5.74) is 2.69. The highest BCUT2D eigenvalue weighted by atomic mass is 32.2. The number of hydrogen-bond acceptors (Lipinski definition) is 5. The maximum atomic E-state index is 11.6. The van der Waals surface area contributed by atoms with E-state index in [1.807, 2.05) is 12.1 Å². The van der Waals surface area contributed by atoms with Gasteiger partial charge in [0, 0.05) is 16.7 Å². The second-order valence-corrected chi connectivity index (χ2v) is 7.99. The molecule has 1 N–H and O–H groups in total. The molecule has 3 rings (SSSR count). The monoisotopic (exact) mass is 367 g/mol. The summed E-state index contributed by atoms with van der Waals surface area (Å²) in [7, 11) is 0. The Balaban J connectivity index is 1.82. The van der Waals surface area contributed by atoms with Crippen LogP contribution in [0.3, 0.4) is 0 Å². The van der Waals surface area contributed by atoms with Gasteiger partial charge in [0.05, 0.1) is 12.2 Å². The van der Waals surface area contributed by atoms with Gasteiger partial charge in [0.1, 0.15) is 11.1 Å². The van der Waals surface area contributed by atoms with Crippen molar-refractivity contribution in [3.63, 3.8) is 0 Å². The third kappa shape index (κ3) is 4.09. The Kier molecular flexibility index (Phi) is 5.36. The number of ether oxygens (including phenoxy) is 1. The number of pyridine rings is 1. The van der Waals surface area contributed by atoms with E-state index >= 15 is 0 Å². The van der Waals surface area contributed by atoms with Crippen molar-refractivity contribution >= 4 is 17.7 Å². The summed E-state index contributed by atoms with van der Waals surface area (Å²) in [5.74, 6) is 5.79. The maximum Gasteiger partial charge on any atom is 0.339 e. The van der Waals surface area contributed by atoms with E-state index in [0.717, 1.165) is 16.9 Å². The normalized spacial score (nSPS) is 17.6. The predicted molar refractivity (Wildman–Crippen MR) is 102 cm³/mol. The minimum absolute atomic E-state index is 0.0861. The van der Waals surface area contributed by atoms with Gasteiger partial charge in [0.25, 0.3) is 0 Å². The van der Waals surface area contributed by atoms with Gasteiger partial charge in [-0.25, -0.2) is 9.78 Å². The van der Waals surface area contributed by atoms with E-state index in [0.29, 0.717) is 17.9 Å². The summed E-state index contributed by atoms with van der Waals surface area (Å²) >= 11 is 1.50. The van der Waals surface area contributed by atoms with Gasteiger partial charge in [-0.05, 0) is 60.6 Å². The first-order valence-corrected chi connectivity index (χ1v) is 9.41. The van der Waals surface area contributed by atoms with E-state index in [1.54, 1.807) is 19.1 Å². The largest absolute Gasteiger partial charge is 0.462 e. The van der Waals surface area contributed by atoms with Crippen LogP contribution in [0.5, 0.6) is 0 Å². The zero-order valence-electron chi connectivity index (χ0n) is 15.1. The second-order valence-electron chi connectivity index (χ2n) is 6.77. The molecule has 26 heavy (non-hydrogen) atoms. The lowest BCUT2D eigenvalue weighted by atomic mass is 9.80. The average molecular weight is 367 g/mol. The molecule has 1 aromatic carbocycles. The summed E-state index contributed by atoms with van der Waals surface area (Å²) in [4.78, 5) is 17.0. The molecule has 0 saturated carbocycles. The van der Waals surface area contributed by atoms with Crippen LogP contribution in [0.25, 0.3) is 0 Å². The van der Waals surface area contributed by atoms with E-state index in [4.69, 9.17) is 4.74 Å². The van der Waals surface area contributed by atoms with Crippen molar-refractivity contribution in [1.29, 1.82) is 0 Å². The number of rotatable bonds is 2. The zero-order chi connectivity index (χ0) is 18.7. The molecule has 5 heteroatoms. The summed E-state index contributed by atoms with van der Waals surface area (Å²) in [6.07, 6.45) is 2.20. The van der Waals surface area contributed by atoms with Crippen LogP contribution in [-0.4, -0.2) is 28.1 Å². The molecule has 1 aliphatic rings. The Morgan fingerprint density at radius 3 is 2.85 bits per heavy atom. The first-order chi connectivity index (χ1) is 12.4. The summed E-state index contributed by atoms with van der Waals surface area (Å²) in [6, 6.07) is 9.45. The number of aromatic nitrogens is 1. The molecule has 134 valence electrons. The molecule has 1 aliphatic heterocycles. The molecule has 0 radical (unpaired) electrons. The minimum atomic E-state index is -0.379. The zero-order valence-corrected chi connectivity index (χ0v) is 15.9. The molecule has 1 aromatic heterocycles. The quantitative estimate of drug-likeness (QED) is 0.647. The van der Waals surface area contributed by atoms with Crippen LogP contribution in [0, 0.1) is 11.8 Å². The molecule has 1 unspecified atom stereocenters. The lowest BCUT2D eigenvalue weighted by molar-refractivity contribution is 0.0526. The Labute approximate surface area is 158 Å². The highest BCUT2D eigenvalue weighted by Crippen LogP contribution is 2.44. The third-order valence-corrected chi connectivity index (χ3v) is 5.31. The number of carbonyl (C=O) groups is 1. The number of fused-ring (bicyclic) bond motifs is 1. The summed E-state index contributed by atoms with van der Waals surface area (Å²) in [5, 5.41) is 10.0. The van der Waals surface area contributed by atoms with Crippen molar-refractivity contribution in [2.75, 3.05) is 6.61 Å². The van der Waals surface area contributed by atoms with E-state index in [2.05, 4.69) is 36.7 Å². The van der Waals surface area contributed by atoms with Gasteiger partial charge in [-0.15, -0.1) is 0 Å². The standard InChI is InChI=1S/C21H21NO3S/c1-4-25-20(24)15-7-9-16(22-13-15)8-5-14-6-10-18-17(11-14)21(2,3)12-19(23)26-18/h6-7,9-11,13,19,23H,4,12H2,1-3H3. The fourth-order valence-corrected chi connectivity index (χ4v) is 4.32. The Morgan fingerprint density at radius 2 is 2.15 bits per heavy atom. The molecule has 1 atom stereocenters. The van der Waals surface area contributed by atoms with E-state index in [1.165, 1.54) is 23.5 Å². The average Bonchev–Trinajstić information content (AvgIpc) is 2.60. The molecular formula is C21H21NO3S. The highest BCUT2D eigenvalue weighted by Gasteiger charge is 2.32. The molecule has 0 fully saturated rings. The maximum absolute atomic E-state index is 11.6. The fourth-order valence-electron chi connectivity index (χ4n) is 2.91. The van der Waals surface area contributed by atoms with E-state index in [-0.39, 0.29) is 16.8 Å². The van der Waals surface area contributed by atoms with Gasteiger partial charge in [-0.2, -0.15) is 0 Å². The SMILES string of the molecule is CCOC(=O)c1ccc(C#Cc2ccc3c(c2)C(C)(C)CC(O)S3)nc1. The molecular weight excluding hydrogens is 346 g/mol. The second kappa shape index (κ2) is 7.53. The summed E-state index contributed by atoms with van der Waals surface area (Å²) in [6.45, 7) is 6.39. The summed E-state index contributed by atoms with van der Waals surface area (Å²) < 4.78 is 4.94. The lowest BCUT2D eigenvalue weighted by Crippen LogP contribution is -2.27. The number of nitrogens with zero attached hydrogens (tertiary/aromatic N) is 1. The minimum Gasteiger partial charge on any atom is -0.462 e. The molecule has 2 heterocycles. The number of hydrogen-bond donors (Lipinski definition) is 1. The number of carbonyl (C=O) groups excluding carboxylic acids is 1. The van der Waals surface area contributed by atoms with Gasteiger partial charge in [0.15, 0.2) is 0 Å². The third-order valence-electron chi connectivity index (χ3n) is 4.27. The molecule has 2 aromatic rings. The van der Waals surface area contributed by atoms with Crippen LogP contribution in [0.15, 0.2) is 41.4 Å². The number of thioether (sulfide) groups is 1. The van der Waals surface area contributed by atoms with Gasteiger partial charge in [-0.3, -0.25) is 0 Å².